The number of nitrogens with two attached hydrogens (primary N) is 1. The summed E-state index contributed by atoms with van der Waals surface area (Å²) in [6.07, 6.45) is 0.969. The van der Waals surface area contributed by atoms with Crippen molar-refractivity contribution < 1.29 is 17.6 Å². The average Bonchev–Trinajstić information content (AvgIpc) is 3.05. The Morgan fingerprint density at radius 1 is 1.32 bits per heavy atom. The average molecular weight is 423 g/mol. The molecule has 0 fully saturated rings. The first kappa shape index (κ1) is 20.3. The Kier molecular flexibility index (Phi) is 5.48. The van der Waals surface area contributed by atoms with Gasteiger partial charge in [-0.1, -0.05) is 0 Å². The largest absolute Gasteiger partial charge is 0.321 e. The number of pyridine rings is 1. The highest BCUT2D eigenvalue weighted by Gasteiger charge is 2.30. The molecule has 0 aliphatic heterocycles. The summed E-state index contributed by atoms with van der Waals surface area (Å²) in [6, 6.07) is 7.73. The van der Waals surface area contributed by atoms with Crippen molar-refractivity contribution >= 4 is 43.0 Å². The van der Waals surface area contributed by atoms with Crippen molar-refractivity contribution in [1.29, 1.82) is 0 Å². The molecule has 148 valence electrons. The van der Waals surface area contributed by atoms with E-state index in [4.69, 9.17) is 5.73 Å². The molecule has 0 unspecified atom stereocenters. The van der Waals surface area contributed by atoms with Gasteiger partial charge in [0.15, 0.2) is 0 Å². The van der Waals surface area contributed by atoms with Gasteiger partial charge in [-0.2, -0.15) is 0 Å². The molecule has 3 aromatic rings. The smallest absolute Gasteiger partial charge is 0.274 e. The number of nitrogens with one attached hydrogen (secondary N) is 2. The maximum absolute atomic E-state index is 13.0. The molecule has 0 saturated carbocycles. The van der Waals surface area contributed by atoms with Crippen molar-refractivity contribution in [3.63, 3.8) is 0 Å². The van der Waals surface area contributed by atoms with Crippen molar-refractivity contribution in [2.24, 2.45) is 5.73 Å². The molecule has 1 atom stereocenters. The van der Waals surface area contributed by atoms with Crippen LogP contribution in [0.15, 0.2) is 41.9 Å². The molecule has 0 aliphatic rings. The summed E-state index contributed by atoms with van der Waals surface area (Å²) < 4.78 is 40.1. The molecule has 3 rings (SSSR count). The number of halogens is 1. The third kappa shape index (κ3) is 4.36. The quantitative estimate of drug-likeness (QED) is 0.564. The van der Waals surface area contributed by atoms with Gasteiger partial charge in [0.2, 0.25) is 10.0 Å². The number of benzene rings is 1. The van der Waals surface area contributed by atoms with Crippen LogP contribution in [0.25, 0.3) is 10.1 Å². The molecule has 1 aromatic carbocycles. The summed E-state index contributed by atoms with van der Waals surface area (Å²) in [4.78, 5) is 16.1. The second kappa shape index (κ2) is 7.55. The van der Waals surface area contributed by atoms with E-state index in [1.165, 1.54) is 24.5 Å². The molecule has 2 heterocycles. The van der Waals surface area contributed by atoms with Crippen molar-refractivity contribution in [3.05, 3.63) is 59.0 Å². The molecule has 0 aliphatic carbocycles. The number of rotatable bonds is 6. The van der Waals surface area contributed by atoms with Crippen molar-refractivity contribution in [2.45, 2.75) is 12.5 Å². The molecule has 0 spiro atoms. The normalized spacial score (nSPS) is 14.0. The summed E-state index contributed by atoms with van der Waals surface area (Å²) in [5, 5.41) is 5.29. The number of thiophene rings is 1. The topological polar surface area (TPSA) is 114 Å². The lowest BCUT2D eigenvalue weighted by Crippen LogP contribution is -2.43. The second-order valence-corrected chi connectivity index (χ2v) is 9.39. The van der Waals surface area contributed by atoms with Crippen LogP contribution in [0.1, 0.15) is 23.0 Å². The highest BCUT2D eigenvalue weighted by Crippen LogP contribution is 2.34. The van der Waals surface area contributed by atoms with Crippen molar-refractivity contribution in [3.8, 4) is 0 Å². The van der Waals surface area contributed by atoms with Gasteiger partial charge in [-0.15, -0.1) is 11.3 Å². The highest BCUT2D eigenvalue weighted by molar-refractivity contribution is 7.89. The van der Waals surface area contributed by atoms with Crippen LogP contribution in [0, 0.1) is 5.82 Å². The summed E-state index contributed by atoms with van der Waals surface area (Å²) >= 11 is 1.44. The molecule has 7 nitrogen and oxygen atoms in total. The minimum atomic E-state index is -3.52. The molecule has 4 N–H and O–H groups in total. The maximum atomic E-state index is 13.0. The van der Waals surface area contributed by atoms with E-state index in [0.29, 0.717) is 11.3 Å². The molecular formula is C18H19FN4O3S2. The minimum absolute atomic E-state index is 0.0795. The van der Waals surface area contributed by atoms with Crippen molar-refractivity contribution in [1.82, 2.24) is 9.71 Å². The summed E-state index contributed by atoms with van der Waals surface area (Å²) in [7, 11) is -2.18. The van der Waals surface area contributed by atoms with E-state index in [1.54, 1.807) is 19.1 Å². The van der Waals surface area contributed by atoms with Crippen LogP contribution in [0.5, 0.6) is 0 Å². The first-order valence-corrected chi connectivity index (χ1v) is 10.8. The minimum Gasteiger partial charge on any atom is -0.321 e. The zero-order valence-electron chi connectivity index (χ0n) is 15.2. The van der Waals surface area contributed by atoms with E-state index in [0.717, 1.165) is 22.3 Å². The van der Waals surface area contributed by atoms with Crippen LogP contribution >= 0.6 is 11.3 Å². The fourth-order valence-electron chi connectivity index (χ4n) is 2.80. The number of amides is 1. The number of hydrogen-bond acceptors (Lipinski definition) is 6. The molecule has 28 heavy (non-hydrogen) atoms. The number of sulfonamides is 1. The number of hydrogen-bond donors (Lipinski definition) is 3. The van der Waals surface area contributed by atoms with Gasteiger partial charge in [0, 0.05) is 10.4 Å². The van der Waals surface area contributed by atoms with E-state index in [-0.39, 0.29) is 11.4 Å². The molecule has 1 amide bonds. The first-order valence-electron chi connectivity index (χ1n) is 8.26. The van der Waals surface area contributed by atoms with Gasteiger partial charge < -0.3 is 11.1 Å². The van der Waals surface area contributed by atoms with E-state index >= 15 is 0 Å². The Labute approximate surface area is 165 Å². The number of aromatic nitrogens is 1. The Morgan fingerprint density at radius 2 is 2.07 bits per heavy atom. The van der Waals surface area contributed by atoms with E-state index < -0.39 is 27.3 Å². The molecule has 2 aromatic heterocycles. The van der Waals surface area contributed by atoms with Gasteiger partial charge in [0.05, 0.1) is 17.5 Å². The Balaban J connectivity index is 1.92. The van der Waals surface area contributed by atoms with E-state index in [9.17, 15) is 17.6 Å². The van der Waals surface area contributed by atoms with Gasteiger partial charge in [-0.3, -0.25) is 4.79 Å². The van der Waals surface area contributed by atoms with Crippen LogP contribution in [0.3, 0.4) is 0 Å². The molecule has 0 bridgehead atoms. The summed E-state index contributed by atoms with van der Waals surface area (Å²) in [5.41, 5.74) is 6.44. The van der Waals surface area contributed by atoms with Crippen molar-refractivity contribution in [2.75, 3.05) is 18.1 Å². The third-order valence-electron chi connectivity index (χ3n) is 4.21. The predicted octanol–water partition coefficient (Wildman–Crippen LogP) is 2.41. The van der Waals surface area contributed by atoms with Gasteiger partial charge in [0.25, 0.3) is 5.91 Å². The van der Waals surface area contributed by atoms with Gasteiger partial charge >= 0.3 is 0 Å². The monoisotopic (exact) mass is 422 g/mol. The maximum Gasteiger partial charge on any atom is 0.274 e. The third-order valence-corrected chi connectivity index (χ3v) is 6.77. The lowest BCUT2D eigenvalue weighted by Gasteiger charge is -2.24. The zero-order chi connectivity index (χ0) is 20.5. The summed E-state index contributed by atoms with van der Waals surface area (Å²) in [6.45, 7) is 1.65. The molecule has 0 saturated heterocycles. The van der Waals surface area contributed by atoms with E-state index in [2.05, 4.69) is 15.0 Å². The van der Waals surface area contributed by atoms with Crippen LogP contribution in [-0.4, -0.2) is 32.1 Å². The fraction of sp³-hybridized carbons (Fsp3) is 0.222. The van der Waals surface area contributed by atoms with Crippen LogP contribution in [0.2, 0.25) is 0 Å². The van der Waals surface area contributed by atoms with E-state index in [1.807, 2.05) is 11.4 Å². The standard InChI is InChI=1S/C18H19FN4O3S2/c1-18(20,10-28(25,26)21-2)14-9-27-16-6-4-12(7-13(14)16)23-17(24)15-5-3-11(19)8-22-15/h3-9,21H,10,20H2,1-2H3,(H,23,24)/t18-/m0/s1. The number of carbonyl (C=O) groups is 1. The lowest BCUT2D eigenvalue weighted by molar-refractivity contribution is 0.102. The number of carbonyl (C=O) groups excluding carboxylic acids is 1. The van der Waals surface area contributed by atoms with Crippen LogP contribution in [0.4, 0.5) is 10.1 Å². The number of fused-ring (bicyclic) bond motifs is 1. The number of anilines is 1. The summed E-state index contributed by atoms with van der Waals surface area (Å²) in [5.74, 6) is -1.29. The Hall–Kier alpha value is -2.40. The van der Waals surface area contributed by atoms with Gasteiger partial charge in [-0.25, -0.2) is 22.5 Å². The molecule has 10 heteroatoms. The molecule has 0 radical (unpaired) electrons. The fourth-order valence-corrected chi connectivity index (χ4v) is 4.97. The zero-order valence-corrected chi connectivity index (χ0v) is 16.8. The predicted molar refractivity (Wildman–Crippen MR) is 108 cm³/mol. The number of nitrogens with zero attached hydrogens (tertiary/aromatic N) is 1. The van der Waals surface area contributed by atoms with Gasteiger partial charge in [-0.05, 0) is 60.6 Å². The molecular weight excluding hydrogens is 403 g/mol. The first-order chi connectivity index (χ1) is 13.1. The second-order valence-electron chi connectivity index (χ2n) is 6.56. The Morgan fingerprint density at radius 3 is 2.71 bits per heavy atom. The van der Waals surface area contributed by atoms with Crippen LogP contribution < -0.4 is 15.8 Å². The highest BCUT2D eigenvalue weighted by atomic mass is 32.2. The Bertz CT molecular complexity index is 1130. The SMILES string of the molecule is CNS(=O)(=O)C[C@](C)(N)c1csc2ccc(NC(=O)c3ccc(F)cn3)cc12. The van der Waals surface area contributed by atoms with Gasteiger partial charge in [0.1, 0.15) is 11.5 Å². The van der Waals surface area contributed by atoms with Crippen LogP contribution in [-0.2, 0) is 15.6 Å². The lowest BCUT2D eigenvalue weighted by atomic mass is 9.95.